The molecule has 4 rings (SSSR count). The number of hydrogen-bond acceptors (Lipinski definition) is 2. The van der Waals surface area contributed by atoms with Gasteiger partial charge < -0.3 is 10.4 Å². The van der Waals surface area contributed by atoms with Crippen molar-refractivity contribution in [3.8, 4) is 0 Å². The van der Waals surface area contributed by atoms with Crippen molar-refractivity contribution in [3.63, 3.8) is 0 Å². The van der Waals surface area contributed by atoms with Gasteiger partial charge in [-0.1, -0.05) is 30.1 Å². The van der Waals surface area contributed by atoms with Gasteiger partial charge in [-0.3, -0.25) is 9.59 Å². The Morgan fingerprint density at radius 3 is 2.38 bits per heavy atom. The summed E-state index contributed by atoms with van der Waals surface area (Å²) in [6.45, 7) is 1.74. The first-order valence-corrected chi connectivity index (χ1v) is 7.53. The minimum atomic E-state index is -0.765. The number of carboxylic acids is 1. The third kappa shape index (κ3) is 2.21. The molecule has 2 N–H and O–H groups in total. The van der Waals surface area contributed by atoms with Gasteiger partial charge in [0.25, 0.3) is 5.91 Å². The molecule has 112 valence electrons. The average molecular weight is 328 g/mol. The van der Waals surface area contributed by atoms with E-state index in [0.717, 1.165) is 19.3 Å². The minimum Gasteiger partial charge on any atom is -0.481 e. The van der Waals surface area contributed by atoms with Crippen molar-refractivity contribution in [2.75, 3.05) is 0 Å². The molecule has 0 unspecified atom stereocenters. The Bertz CT molecular complexity index is 624. The molecule has 0 aromatic heterocycles. The maximum Gasteiger partial charge on any atom is 0.306 e. The molecule has 1 atom stereocenters. The highest BCUT2D eigenvalue weighted by atomic mass is 35.5. The van der Waals surface area contributed by atoms with Crippen LogP contribution in [0, 0.1) is 11.3 Å². The zero-order chi connectivity index (χ0) is 15.4. The fraction of sp³-hybridized carbons (Fsp3) is 0.467. The normalized spacial score (nSPS) is 30.8. The van der Waals surface area contributed by atoms with Gasteiger partial charge in [-0.15, -0.1) is 0 Å². The summed E-state index contributed by atoms with van der Waals surface area (Å²) in [7, 11) is 0. The van der Waals surface area contributed by atoms with E-state index in [9.17, 15) is 9.59 Å². The van der Waals surface area contributed by atoms with Crippen LogP contribution in [-0.2, 0) is 4.79 Å². The van der Waals surface area contributed by atoms with Crippen molar-refractivity contribution in [2.24, 2.45) is 11.3 Å². The van der Waals surface area contributed by atoms with Crippen molar-refractivity contribution < 1.29 is 14.7 Å². The van der Waals surface area contributed by atoms with Gasteiger partial charge in [-0.25, -0.2) is 0 Å². The van der Waals surface area contributed by atoms with Crippen LogP contribution in [0.15, 0.2) is 18.2 Å². The van der Waals surface area contributed by atoms with Crippen molar-refractivity contribution in [3.05, 3.63) is 33.8 Å². The maximum absolute atomic E-state index is 12.2. The molecule has 0 saturated heterocycles. The van der Waals surface area contributed by atoms with Crippen LogP contribution in [0.2, 0.25) is 10.0 Å². The topological polar surface area (TPSA) is 66.4 Å². The standard InChI is InChI=1S/C15H15Cl2NO3/c1-8(13(20)21)14-5-15(6-14,7-14)18-12(19)9-2-3-10(16)11(17)4-9/h2-4,8H,5-7H2,1H3,(H,18,19)(H,20,21)/t8-,14?,15?/m1/s1. The molecule has 6 heteroatoms. The highest BCUT2D eigenvalue weighted by Gasteiger charge is 2.71. The molecule has 3 aliphatic rings. The third-order valence-electron chi connectivity index (χ3n) is 4.92. The number of hydrogen-bond donors (Lipinski definition) is 2. The summed E-state index contributed by atoms with van der Waals surface area (Å²) in [5, 5.41) is 12.9. The van der Waals surface area contributed by atoms with E-state index in [4.69, 9.17) is 28.3 Å². The van der Waals surface area contributed by atoms with E-state index in [1.165, 1.54) is 0 Å². The summed E-state index contributed by atoms with van der Waals surface area (Å²) in [4.78, 5) is 23.3. The van der Waals surface area contributed by atoms with Crippen LogP contribution >= 0.6 is 23.2 Å². The fourth-order valence-electron chi connectivity index (χ4n) is 3.67. The molecular formula is C15H15Cl2NO3. The van der Waals surface area contributed by atoms with Gasteiger partial charge in [0.05, 0.1) is 16.0 Å². The second kappa shape index (κ2) is 4.62. The Labute approximate surface area is 132 Å². The SMILES string of the molecule is C[C@H](C(=O)O)C12CC(NC(=O)c3ccc(Cl)c(Cl)c3)(C1)C2. The summed E-state index contributed by atoms with van der Waals surface area (Å²) < 4.78 is 0. The Hall–Kier alpha value is -1.26. The van der Waals surface area contributed by atoms with Crippen molar-refractivity contribution in [1.29, 1.82) is 0 Å². The van der Waals surface area contributed by atoms with E-state index in [1.54, 1.807) is 25.1 Å². The van der Waals surface area contributed by atoms with Gasteiger partial charge in [-0.05, 0) is 42.9 Å². The number of benzene rings is 1. The van der Waals surface area contributed by atoms with Gasteiger partial charge in [0, 0.05) is 11.1 Å². The smallest absolute Gasteiger partial charge is 0.306 e. The Kier molecular flexibility index (Phi) is 3.22. The first-order valence-electron chi connectivity index (χ1n) is 6.77. The molecule has 0 aliphatic heterocycles. The number of halogens is 2. The second-order valence-electron chi connectivity index (χ2n) is 6.32. The van der Waals surface area contributed by atoms with Crippen LogP contribution in [0.3, 0.4) is 0 Å². The van der Waals surface area contributed by atoms with E-state index in [2.05, 4.69) is 5.32 Å². The van der Waals surface area contributed by atoms with Gasteiger partial charge in [0.15, 0.2) is 0 Å². The summed E-state index contributed by atoms with van der Waals surface area (Å²) in [6.07, 6.45) is 2.21. The summed E-state index contributed by atoms with van der Waals surface area (Å²) in [5.41, 5.74) is 0.110. The fourth-order valence-corrected chi connectivity index (χ4v) is 3.97. The van der Waals surface area contributed by atoms with Crippen LogP contribution in [0.5, 0.6) is 0 Å². The lowest BCUT2D eigenvalue weighted by Gasteiger charge is -2.72. The molecule has 0 spiro atoms. The third-order valence-corrected chi connectivity index (χ3v) is 5.66. The highest BCUT2D eigenvalue weighted by Crippen LogP contribution is 2.70. The molecule has 3 aliphatic carbocycles. The van der Waals surface area contributed by atoms with E-state index >= 15 is 0 Å². The number of rotatable bonds is 4. The summed E-state index contributed by atoms with van der Waals surface area (Å²) in [6, 6.07) is 4.76. The molecule has 21 heavy (non-hydrogen) atoms. The first-order chi connectivity index (χ1) is 9.77. The Morgan fingerprint density at radius 1 is 1.24 bits per heavy atom. The molecule has 3 fully saturated rings. The summed E-state index contributed by atoms with van der Waals surface area (Å²) in [5.74, 6) is -1.31. The summed E-state index contributed by atoms with van der Waals surface area (Å²) >= 11 is 11.7. The lowest BCUT2D eigenvalue weighted by atomic mass is 9.36. The predicted molar refractivity (Wildman–Crippen MR) is 79.7 cm³/mol. The molecule has 4 nitrogen and oxygen atoms in total. The quantitative estimate of drug-likeness (QED) is 0.890. The molecule has 0 radical (unpaired) electrons. The number of carbonyl (C=O) groups is 2. The zero-order valence-corrected chi connectivity index (χ0v) is 13.0. The van der Waals surface area contributed by atoms with Gasteiger partial charge in [-0.2, -0.15) is 0 Å². The molecule has 1 aromatic carbocycles. The molecule has 1 amide bonds. The Morgan fingerprint density at radius 2 is 1.86 bits per heavy atom. The Balaban J connectivity index is 1.64. The first kappa shape index (κ1) is 14.7. The average Bonchev–Trinajstić information content (AvgIpc) is 2.34. The molecule has 0 heterocycles. The largest absolute Gasteiger partial charge is 0.481 e. The molecular weight excluding hydrogens is 313 g/mol. The lowest BCUT2D eigenvalue weighted by molar-refractivity contribution is -0.195. The second-order valence-corrected chi connectivity index (χ2v) is 7.13. The van der Waals surface area contributed by atoms with Gasteiger partial charge >= 0.3 is 5.97 Å². The van der Waals surface area contributed by atoms with Crippen molar-refractivity contribution in [2.45, 2.75) is 31.7 Å². The van der Waals surface area contributed by atoms with Gasteiger partial charge in [0.1, 0.15) is 0 Å². The van der Waals surface area contributed by atoms with Crippen LogP contribution in [-0.4, -0.2) is 22.5 Å². The molecule has 2 bridgehead atoms. The van der Waals surface area contributed by atoms with Crippen LogP contribution < -0.4 is 5.32 Å². The maximum atomic E-state index is 12.2. The van der Waals surface area contributed by atoms with Crippen LogP contribution in [0.1, 0.15) is 36.5 Å². The van der Waals surface area contributed by atoms with Gasteiger partial charge in [0.2, 0.25) is 0 Å². The number of amides is 1. The van der Waals surface area contributed by atoms with Crippen LogP contribution in [0.4, 0.5) is 0 Å². The lowest BCUT2D eigenvalue weighted by Crippen LogP contribution is -2.77. The van der Waals surface area contributed by atoms with E-state index in [1.807, 2.05) is 0 Å². The van der Waals surface area contributed by atoms with E-state index in [0.29, 0.717) is 15.6 Å². The predicted octanol–water partition coefficient (Wildman–Crippen LogP) is 3.37. The number of carboxylic acid groups (broad SMARTS) is 1. The van der Waals surface area contributed by atoms with Crippen molar-refractivity contribution in [1.82, 2.24) is 5.32 Å². The highest BCUT2D eigenvalue weighted by molar-refractivity contribution is 6.42. The molecule has 1 aromatic rings. The molecule has 3 saturated carbocycles. The van der Waals surface area contributed by atoms with E-state index in [-0.39, 0.29) is 22.8 Å². The number of nitrogens with one attached hydrogen (secondary N) is 1. The van der Waals surface area contributed by atoms with Crippen molar-refractivity contribution >= 4 is 35.1 Å². The van der Waals surface area contributed by atoms with E-state index < -0.39 is 5.97 Å². The monoisotopic (exact) mass is 327 g/mol. The number of carbonyl (C=O) groups excluding carboxylic acids is 1. The van der Waals surface area contributed by atoms with Crippen LogP contribution in [0.25, 0.3) is 0 Å². The zero-order valence-electron chi connectivity index (χ0n) is 11.5. The minimum absolute atomic E-state index is 0.128. The number of aliphatic carboxylic acids is 1.